The number of aryl methyl sites for hydroxylation is 1. The van der Waals surface area contributed by atoms with Gasteiger partial charge in [0.15, 0.2) is 0 Å². The Labute approximate surface area is 199 Å². The molecular formula is C23H20Cl2N4O4. The molecule has 0 aliphatic carbocycles. The van der Waals surface area contributed by atoms with E-state index in [1.54, 1.807) is 43.3 Å². The van der Waals surface area contributed by atoms with Crippen LogP contribution in [-0.2, 0) is 31.3 Å². The summed E-state index contributed by atoms with van der Waals surface area (Å²) >= 11 is 12.6. The SMILES string of the molecule is Cc1cc(Cl)cc2c1NC(=O)[C@@]21N[C@H](CC(N)=O)[C@H]2C(=O)N(Cc3ccccc3Cl)C(=O)[C@H]21. The zero-order chi connectivity index (χ0) is 23.7. The number of hydrogen-bond donors (Lipinski definition) is 3. The van der Waals surface area contributed by atoms with E-state index in [1.165, 1.54) is 0 Å². The second-order valence-electron chi connectivity index (χ2n) is 8.69. The first-order valence-electron chi connectivity index (χ1n) is 10.4. The standard InChI is InChI=1S/C23H20Cl2N4O4/c1-10-6-12(24)7-13-19(10)27-22(33)23(13)18-17(15(28-23)8-16(26)30)20(31)29(21(18)32)9-11-4-2-3-5-14(11)25/h2-7,15,17-18,28H,8-9H2,1H3,(H2,26,30)(H,27,33)/t15-,17-,18+,23-/m1/s1. The Bertz CT molecular complexity index is 1250. The van der Waals surface area contributed by atoms with Gasteiger partial charge in [-0.1, -0.05) is 41.4 Å². The highest BCUT2D eigenvalue weighted by molar-refractivity contribution is 6.31. The molecule has 5 rings (SSSR count). The van der Waals surface area contributed by atoms with Gasteiger partial charge >= 0.3 is 0 Å². The number of likely N-dealkylation sites (tertiary alicyclic amines) is 1. The summed E-state index contributed by atoms with van der Waals surface area (Å²) in [5.41, 5.74) is 6.26. The van der Waals surface area contributed by atoms with E-state index in [1.807, 2.05) is 0 Å². The van der Waals surface area contributed by atoms with Crippen molar-refractivity contribution >= 4 is 52.5 Å². The van der Waals surface area contributed by atoms with E-state index in [-0.39, 0.29) is 13.0 Å². The van der Waals surface area contributed by atoms with Crippen LogP contribution >= 0.6 is 23.2 Å². The number of amides is 4. The van der Waals surface area contributed by atoms with Crippen LogP contribution in [0.5, 0.6) is 0 Å². The number of halogens is 2. The van der Waals surface area contributed by atoms with E-state index in [2.05, 4.69) is 10.6 Å². The number of hydrogen-bond acceptors (Lipinski definition) is 5. The maximum Gasteiger partial charge on any atom is 0.250 e. The minimum absolute atomic E-state index is 0.0350. The quantitative estimate of drug-likeness (QED) is 0.571. The monoisotopic (exact) mass is 486 g/mol. The molecular weight excluding hydrogens is 467 g/mol. The number of anilines is 1. The summed E-state index contributed by atoms with van der Waals surface area (Å²) in [6.45, 7) is 1.76. The fourth-order valence-electron chi connectivity index (χ4n) is 5.44. The molecule has 3 aliphatic rings. The summed E-state index contributed by atoms with van der Waals surface area (Å²) in [4.78, 5) is 53.6. The van der Waals surface area contributed by atoms with E-state index in [4.69, 9.17) is 28.9 Å². The van der Waals surface area contributed by atoms with Crippen LogP contribution in [0.3, 0.4) is 0 Å². The van der Waals surface area contributed by atoms with Crippen molar-refractivity contribution in [2.24, 2.45) is 17.6 Å². The Kier molecular flexibility index (Phi) is 5.00. The van der Waals surface area contributed by atoms with E-state index >= 15 is 0 Å². The molecule has 2 aromatic rings. The van der Waals surface area contributed by atoms with Crippen molar-refractivity contribution in [3.8, 4) is 0 Å². The number of rotatable bonds is 4. The van der Waals surface area contributed by atoms with Crippen LogP contribution in [0.4, 0.5) is 5.69 Å². The van der Waals surface area contributed by atoms with Crippen LogP contribution in [0.2, 0.25) is 10.0 Å². The zero-order valence-electron chi connectivity index (χ0n) is 17.5. The maximum atomic E-state index is 13.7. The molecule has 8 nitrogen and oxygen atoms in total. The smallest absolute Gasteiger partial charge is 0.250 e. The Morgan fingerprint density at radius 1 is 1.15 bits per heavy atom. The number of carbonyl (C=O) groups excluding carboxylic acids is 4. The topological polar surface area (TPSA) is 122 Å². The van der Waals surface area contributed by atoms with Crippen LogP contribution in [0.15, 0.2) is 36.4 Å². The highest BCUT2D eigenvalue weighted by Gasteiger charge is 2.70. The second kappa shape index (κ2) is 7.55. The molecule has 170 valence electrons. The molecule has 0 unspecified atom stereocenters. The lowest BCUT2D eigenvalue weighted by atomic mass is 9.76. The fraction of sp³-hybridized carbons (Fsp3) is 0.304. The molecule has 0 bridgehead atoms. The number of fused-ring (bicyclic) bond motifs is 4. The van der Waals surface area contributed by atoms with Crippen LogP contribution in [0, 0.1) is 18.8 Å². The first-order chi connectivity index (χ1) is 15.6. The molecule has 0 saturated carbocycles. The number of carbonyl (C=O) groups is 4. The lowest BCUT2D eigenvalue weighted by Crippen LogP contribution is -2.53. The molecule has 2 fully saturated rings. The average Bonchev–Trinajstić information content (AvgIpc) is 3.30. The van der Waals surface area contributed by atoms with Gasteiger partial charge in [0, 0.05) is 33.8 Å². The third-order valence-corrected chi connectivity index (χ3v) is 7.37. The molecule has 3 heterocycles. The van der Waals surface area contributed by atoms with Crippen molar-refractivity contribution in [3.05, 3.63) is 63.1 Å². The number of primary amides is 1. The first kappa shape index (κ1) is 21.9. The lowest BCUT2D eigenvalue weighted by molar-refractivity contribution is -0.143. The second-order valence-corrected chi connectivity index (χ2v) is 9.53. The highest BCUT2D eigenvalue weighted by atomic mass is 35.5. The van der Waals surface area contributed by atoms with Gasteiger partial charge in [-0.15, -0.1) is 0 Å². The van der Waals surface area contributed by atoms with Gasteiger partial charge in [0.25, 0.3) is 0 Å². The van der Waals surface area contributed by atoms with Gasteiger partial charge in [0.1, 0.15) is 5.54 Å². The molecule has 2 aromatic carbocycles. The minimum atomic E-state index is -1.54. The fourth-order valence-corrected chi connectivity index (χ4v) is 5.91. The van der Waals surface area contributed by atoms with Crippen molar-refractivity contribution in [3.63, 3.8) is 0 Å². The van der Waals surface area contributed by atoms with Gasteiger partial charge in [0.05, 0.1) is 18.4 Å². The molecule has 10 heteroatoms. The van der Waals surface area contributed by atoms with E-state index in [0.717, 1.165) is 10.5 Å². The van der Waals surface area contributed by atoms with Gasteiger partial charge in [0.2, 0.25) is 23.6 Å². The Balaban J connectivity index is 1.64. The molecule has 33 heavy (non-hydrogen) atoms. The summed E-state index contributed by atoms with van der Waals surface area (Å²) in [5, 5.41) is 6.80. The first-order valence-corrected chi connectivity index (χ1v) is 11.2. The van der Waals surface area contributed by atoms with Crippen molar-refractivity contribution in [1.29, 1.82) is 0 Å². The van der Waals surface area contributed by atoms with E-state index < -0.39 is 47.0 Å². The largest absolute Gasteiger partial charge is 0.370 e. The Morgan fingerprint density at radius 3 is 2.58 bits per heavy atom. The maximum absolute atomic E-state index is 13.7. The van der Waals surface area contributed by atoms with Crippen molar-refractivity contribution in [1.82, 2.24) is 10.2 Å². The summed E-state index contributed by atoms with van der Waals surface area (Å²) < 4.78 is 0. The lowest BCUT2D eigenvalue weighted by Gasteiger charge is -2.29. The predicted octanol–water partition coefficient (Wildman–Crippen LogP) is 2.10. The molecule has 0 radical (unpaired) electrons. The van der Waals surface area contributed by atoms with E-state index in [0.29, 0.717) is 26.9 Å². The van der Waals surface area contributed by atoms with E-state index in [9.17, 15) is 19.2 Å². The van der Waals surface area contributed by atoms with Crippen molar-refractivity contribution < 1.29 is 19.2 Å². The van der Waals surface area contributed by atoms with Gasteiger partial charge in [-0.2, -0.15) is 0 Å². The Morgan fingerprint density at radius 2 is 1.88 bits per heavy atom. The summed E-state index contributed by atoms with van der Waals surface area (Å²) in [6, 6.07) is 9.45. The van der Waals surface area contributed by atoms with Crippen LogP contribution in [0.25, 0.3) is 0 Å². The summed E-state index contributed by atoms with van der Waals surface area (Å²) in [5.74, 6) is -4.09. The third kappa shape index (κ3) is 3.08. The highest BCUT2D eigenvalue weighted by Crippen LogP contribution is 2.54. The van der Waals surface area contributed by atoms with Gasteiger partial charge < -0.3 is 11.1 Å². The molecule has 4 amide bonds. The number of nitrogens with two attached hydrogens (primary N) is 1. The average molecular weight is 487 g/mol. The van der Waals surface area contributed by atoms with Crippen LogP contribution in [0.1, 0.15) is 23.1 Å². The molecule has 4 atom stereocenters. The minimum Gasteiger partial charge on any atom is -0.370 e. The molecule has 2 saturated heterocycles. The Hall–Kier alpha value is -2.94. The third-order valence-electron chi connectivity index (χ3n) is 6.78. The van der Waals surface area contributed by atoms with Crippen molar-refractivity contribution in [2.75, 3.05) is 5.32 Å². The summed E-state index contributed by atoms with van der Waals surface area (Å²) in [7, 11) is 0. The molecule has 4 N–H and O–H groups in total. The molecule has 0 aromatic heterocycles. The van der Waals surface area contributed by atoms with Crippen molar-refractivity contribution in [2.45, 2.75) is 31.5 Å². The molecule has 1 spiro atoms. The van der Waals surface area contributed by atoms with Gasteiger partial charge in [-0.05, 0) is 36.2 Å². The zero-order valence-corrected chi connectivity index (χ0v) is 19.0. The number of benzene rings is 2. The molecule has 3 aliphatic heterocycles. The number of nitrogens with zero attached hydrogens (tertiary/aromatic N) is 1. The van der Waals surface area contributed by atoms with Crippen LogP contribution < -0.4 is 16.4 Å². The van der Waals surface area contributed by atoms with Crippen LogP contribution in [-0.4, -0.2) is 34.6 Å². The number of imide groups is 1. The number of nitrogens with one attached hydrogen (secondary N) is 2. The van der Waals surface area contributed by atoms with Gasteiger partial charge in [-0.25, -0.2) is 0 Å². The summed E-state index contributed by atoms with van der Waals surface area (Å²) in [6.07, 6.45) is -0.204. The predicted molar refractivity (Wildman–Crippen MR) is 121 cm³/mol. The normalized spacial score (nSPS) is 27.8. The van der Waals surface area contributed by atoms with Gasteiger partial charge in [-0.3, -0.25) is 29.4 Å².